The molecule has 0 aliphatic carbocycles. The number of ether oxygens (including phenoxy) is 1. The first kappa shape index (κ1) is 17.0. The van der Waals surface area contributed by atoms with Crippen LogP contribution in [-0.4, -0.2) is 27.7 Å². The van der Waals surface area contributed by atoms with Crippen molar-refractivity contribution in [1.82, 2.24) is 14.9 Å². The number of H-pyrrole nitrogens is 1. The fraction of sp³-hybridized carbons (Fsp3) is 0.118. The molecule has 0 saturated heterocycles. The van der Waals surface area contributed by atoms with Crippen LogP contribution in [-0.2, 0) is 0 Å². The lowest BCUT2D eigenvalue weighted by atomic mass is 10.2. The van der Waals surface area contributed by atoms with Crippen molar-refractivity contribution in [3.05, 3.63) is 64.4 Å². The van der Waals surface area contributed by atoms with Crippen LogP contribution in [0.2, 0.25) is 0 Å². The number of nitrogens with one attached hydrogen (secondary N) is 1. The van der Waals surface area contributed by atoms with E-state index in [0.29, 0.717) is 12.4 Å². The summed E-state index contributed by atoms with van der Waals surface area (Å²) in [6, 6.07) is 10.5. The Labute approximate surface area is 147 Å². The number of halogens is 2. The van der Waals surface area contributed by atoms with Gasteiger partial charge in [-0.05, 0) is 55.5 Å². The average molecular weight is 360 g/mol. The number of hydrogen-bond donors (Lipinski definition) is 1. The van der Waals surface area contributed by atoms with E-state index in [4.69, 9.17) is 17.0 Å². The van der Waals surface area contributed by atoms with Crippen LogP contribution in [0.5, 0.6) is 5.75 Å². The Bertz CT molecular complexity index is 964. The molecule has 8 heteroatoms. The Morgan fingerprint density at radius 3 is 2.68 bits per heavy atom. The fourth-order valence-corrected chi connectivity index (χ4v) is 2.36. The number of nitrogens with zero attached hydrogens (tertiary/aromatic N) is 3. The van der Waals surface area contributed by atoms with Gasteiger partial charge < -0.3 is 4.74 Å². The van der Waals surface area contributed by atoms with E-state index < -0.39 is 11.6 Å². The number of benzene rings is 2. The van der Waals surface area contributed by atoms with Crippen molar-refractivity contribution >= 4 is 18.4 Å². The summed E-state index contributed by atoms with van der Waals surface area (Å²) in [5.74, 6) is -0.151. The quantitative estimate of drug-likeness (QED) is 0.549. The van der Waals surface area contributed by atoms with Gasteiger partial charge in [-0.2, -0.15) is 14.9 Å². The van der Waals surface area contributed by atoms with E-state index in [1.807, 2.05) is 31.2 Å². The molecular formula is C17H14F2N4OS. The van der Waals surface area contributed by atoms with Crippen LogP contribution in [0.3, 0.4) is 0 Å². The van der Waals surface area contributed by atoms with E-state index >= 15 is 0 Å². The van der Waals surface area contributed by atoms with Crippen molar-refractivity contribution in [1.29, 1.82) is 0 Å². The van der Waals surface area contributed by atoms with Gasteiger partial charge in [-0.1, -0.05) is 0 Å². The lowest BCUT2D eigenvalue weighted by Crippen LogP contribution is -1.97. The molecule has 0 radical (unpaired) electrons. The Kier molecular flexibility index (Phi) is 4.99. The van der Waals surface area contributed by atoms with E-state index in [9.17, 15) is 8.78 Å². The molecule has 0 fully saturated rings. The van der Waals surface area contributed by atoms with Crippen molar-refractivity contribution < 1.29 is 13.5 Å². The monoisotopic (exact) mass is 360 g/mol. The summed E-state index contributed by atoms with van der Waals surface area (Å²) in [5, 5.41) is 11.0. The second-order valence-corrected chi connectivity index (χ2v) is 5.42. The summed E-state index contributed by atoms with van der Waals surface area (Å²) in [5.41, 5.74) is 0.898. The van der Waals surface area contributed by atoms with E-state index in [1.54, 1.807) is 0 Å². The molecule has 0 atom stereocenters. The van der Waals surface area contributed by atoms with Crippen molar-refractivity contribution in [2.24, 2.45) is 5.10 Å². The van der Waals surface area contributed by atoms with Crippen LogP contribution in [0.25, 0.3) is 11.4 Å². The Hall–Kier alpha value is -2.87. The van der Waals surface area contributed by atoms with Crippen molar-refractivity contribution in [3.63, 3.8) is 0 Å². The van der Waals surface area contributed by atoms with Gasteiger partial charge >= 0.3 is 0 Å². The molecule has 0 aliphatic heterocycles. The van der Waals surface area contributed by atoms with Crippen LogP contribution >= 0.6 is 12.2 Å². The van der Waals surface area contributed by atoms with Gasteiger partial charge in [0, 0.05) is 17.2 Å². The molecular weight excluding hydrogens is 346 g/mol. The molecule has 0 spiro atoms. The van der Waals surface area contributed by atoms with Gasteiger partial charge in [0.1, 0.15) is 17.4 Å². The molecule has 5 nitrogen and oxygen atoms in total. The SMILES string of the molecule is CCOc1ccc(-c2n[nH]c(=S)n2/N=C\c2ccc(F)cc2F)cc1. The van der Waals surface area contributed by atoms with Crippen molar-refractivity contribution in [2.45, 2.75) is 6.92 Å². The lowest BCUT2D eigenvalue weighted by Gasteiger charge is -2.04. The third kappa shape index (κ3) is 3.80. The zero-order valence-corrected chi connectivity index (χ0v) is 14.1. The van der Waals surface area contributed by atoms with Gasteiger partial charge in [0.15, 0.2) is 5.82 Å². The second-order valence-electron chi connectivity index (χ2n) is 5.03. The molecule has 0 saturated carbocycles. The van der Waals surface area contributed by atoms with Crippen molar-refractivity contribution in [2.75, 3.05) is 6.61 Å². The second kappa shape index (κ2) is 7.35. The highest BCUT2D eigenvalue weighted by molar-refractivity contribution is 7.71. The van der Waals surface area contributed by atoms with Crippen molar-refractivity contribution in [3.8, 4) is 17.1 Å². The van der Waals surface area contributed by atoms with Crippen LogP contribution < -0.4 is 4.74 Å². The van der Waals surface area contributed by atoms with Gasteiger partial charge in [0.05, 0.1) is 12.8 Å². The highest BCUT2D eigenvalue weighted by atomic mass is 32.1. The minimum Gasteiger partial charge on any atom is -0.494 e. The number of hydrogen-bond acceptors (Lipinski definition) is 4. The molecule has 0 bridgehead atoms. The smallest absolute Gasteiger partial charge is 0.216 e. The molecule has 1 heterocycles. The van der Waals surface area contributed by atoms with Gasteiger partial charge in [-0.25, -0.2) is 13.9 Å². The zero-order valence-electron chi connectivity index (χ0n) is 13.2. The summed E-state index contributed by atoms with van der Waals surface area (Å²) in [7, 11) is 0. The third-order valence-corrected chi connectivity index (χ3v) is 3.61. The fourth-order valence-electron chi connectivity index (χ4n) is 2.18. The molecule has 2 aromatic carbocycles. The predicted molar refractivity (Wildman–Crippen MR) is 93.4 cm³/mol. The molecule has 3 rings (SSSR count). The molecule has 1 aromatic heterocycles. The first-order valence-electron chi connectivity index (χ1n) is 7.48. The maximum absolute atomic E-state index is 13.7. The third-order valence-electron chi connectivity index (χ3n) is 3.35. The maximum atomic E-state index is 13.7. The minimum absolute atomic E-state index is 0.141. The minimum atomic E-state index is -0.707. The van der Waals surface area contributed by atoms with Gasteiger partial charge in [0.2, 0.25) is 4.77 Å². The molecule has 0 unspecified atom stereocenters. The summed E-state index contributed by atoms with van der Waals surface area (Å²) in [4.78, 5) is 0. The topological polar surface area (TPSA) is 55.2 Å². The highest BCUT2D eigenvalue weighted by Crippen LogP contribution is 2.21. The maximum Gasteiger partial charge on any atom is 0.216 e. The zero-order chi connectivity index (χ0) is 17.8. The number of aromatic nitrogens is 3. The van der Waals surface area contributed by atoms with E-state index in [-0.39, 0.29) is 10.3 Å². The summed E-state index contributed by atoms with van der Waals surface area (Å²) >= 11 is 5.16. The molecule has 0 amide bonds. The Morgan fingerprint density at radius 2 is 2.00 bits per heavy atom. The highest BCUT2D eigenvalue weighted by Gasteiger charge is 2.09. The largest absolute Gasteiger partial charge is 0.494 e. The van der Waals surface area contributed by atoms with Crippen LogP contribution in [0.15, 0.2) is 47.6 Å². The Balaban J connectivity index is 1.94. The van der Waals surface area contributed by atoms with Gasteiger partial charge in [0.25, 0.3) is 0 Å². The molecule has 128 valence electrons. The predicted octanol–water partition coefficient (Wildman–Crippen LogP) is 4.17. The summed E-state index contributed by atoms with van der Waals surface area (Å²) < 4.78 is 33.7. The van der Waals surface area contributed by atoms with E-state index in [0.717, 1.165) is 23.4 Å². The normalized spacial score (nSPS) is 11.2. The average Bonchev–Trinajstić information content (AvgIpc) is 2.96. The standard InChI is InChI=1S/C17H14F2N4OS/c1-2-24-14-7-4-11(5-8-14)16-21-22-17(25)23(16)20-10-12-3-6-13(18)9-15(12)19/h3-10H,2H2,1H3,(H,22,25)/b20-10-. The molecule has 25 heavy (non-hydrogen) atoms. The van der Waals surface area contributed by atoms with Gasteiger partial charge in [-0.15, -0.1) is 0 Å². The van der Waals surface area contributed by atoms with Crippen LogP contribution in [0.4, 0.5) is 8.78 Å². The first-order chi connectivity index (χ1) is 12.1. The molecule has 1 N–H and O–H groups in total. The van der Waals surface area contributed by atoms with E-state index in [2.05, 4.69) is 15.3 Å². The first-order valence-corrected chi connectivity index (χ1v) is 7.89. The van der Waals surface area contributed by atoms with Crippen LogP contribution in [0.1, 0.15) is 12.5 Å². The summed E-state index contributed by atoms with van der Waals surface area (Å²) in [6.07, 6.45) is 1.26. The lowest BCUT2D eigenvalue weighted by molar-refractivity contribution is 0.340. The molecule has 3 aromatic rings. The Morgan fingerprint density at radius 1 is 1.24 bits per heavy atom. The molecule has 0 aliphatic rings. The van der Waals surface area contributed by atoms with Gasteiger partial charge in [-0.3, -0.25) is 0 Å². The van der Waals surface area contributed by atoms with Crippen LogP contribution in [0, 0.1) is 16.4 Å². The number of rotatable bonds is 5. The number of aromatic amines is 1. The summed E-state index contributed by atoms with van der Waals surface area (Å²) in [6.45, 7) is 2.48. The van der Waals surface area contributed by atoms with E-state index in [1.165, 1.54) is 17.0 Å².